The molecule has 0 aromatic heterocycles. The zero-order valence-electron chi connectivity index (χ0n) is 13.7. The summed E-state index contributed by atoms with van der Waals surface area (Å²) >= 11 is 0. The van der Waals surface area contributed by atoms with Gasteiger partial charge in [0.15, 0.2) is 6.61 Å². The summed E-state index contributed by atoms with van der Waals surface area (Å²) in [6, 6.07) is 15.9. The molecule has 2 aromatic rings. The van der Waals surface area contributed by atoms with Crippen molar-refractivity contribution in [2.24, 2.45) is 0 Å². The topological polar surface area (TPSA) is 75.9 Å². The van der Waals surface area contributed by atoms with Gasteiger partial charge < -0.3 is 14.5 Å². The zero-order valence-corrected chi connectivity index (χ0v) is 13.7. The summed E-state index contributed by atoms with van der Waals surface area (Å²) in [6.07, 6.45) is 0. The molecule has 0 atom stereocenters. The number of carbonyl (C=O) groups is 1. The molecule has 1 fully saturated rings. The molecule has 130 valence electrons. The maximum Gasteiger partial charge on any atom is 0.292 e. The second-order valence-corrected chi connectivity index (χ2v) is 5.72. The maximum absolute atomic E-state index is 12.3. The van der Waals surface area contributed by atoms with Gasteiger partial charge in [0.2, 0.25) is 0 Å². The number of amides is 1. The van der Waals surface area contributed by atoms with Crippen LogP contribution in [-0.4, -0.2) is 48.5 Å². The number of ether oxygens (including phenoxy) is 1. The summed E-state index contributed by atoms with van der Waals surface area (Å²) in [4.78, 5) is 26.7. The van der Waals surface area contributed by atoms with E-state index >= 15 is 0 Å². The quantitative estimate of drug-likeness (QED) is 0.616. The van der Waals surface area contributed by atoms with Gasteiger partial charge in [-0.1, -0.05) is 30.3 Å². The van der Waals surface area contributed by atoms with Crippen molar-refractivity contribution in [3.8, 4) is 5.75 Å². The van der Waals surface area contributed by atoms with Gasteiger partial charge in [0.1, 0.15) is 11.4 Å². The lowest BCUT2D eigenvalue weighted by Gasteiger charge is -2.35. The summed E-state index contributed by atoms with van der Waals surface area (Å²) in [6.45, 7) is 2.14. The van der Waals surface area contributed by atoms with Gasteiger partial charge in [-0.25, -0.2) is 0 Å². The largest absolute Gasteiger partial charge is 0.484 e. The molecule has 1 aliphatic rings. The lowest BCUT2D eigenvalue weighted by molar-refractivity contribution is -0.384. The monoisotopic (exact) mass is 341 g/mol. The third-order valence-corrected chi connectivity index (χ3v) is 4.16. The molecule has 25 heavy (non-hydrogen) atoms. The van der Waals surface area contributed by atoms with Crippen LogP contribution in [0.15, 0.2) is 54.6 Å². The highest BCUT2D eigenvalue weighted by molar-refractivity contribution is 5.78. The van der Waals surface area contributed by atoms with E-state index in [-0.39, 0.29) is 23.1 Å². The highest BCUT2D eigenvalue weighted by Gasteiger charge is 2.25. The van der Waals surface area contributed by atoms with Crippen molar-refractivity contribution in [3.05, 3.63) is 64.7 Å². The number of piperazine rings is 1. The smallest absolute Gasteiger partial charge is 0.292 e. The number of para-hydroxylation sites is 3. The number of nitrogens with zero attached hydrogens (tertiary/aromatic N) is 3. The highest BCUT2D eigenvalue weighted by Crippen LogP contribution is 2.28. The predicted octanol–water partition coefficient (Wildman–Crippen LogP) is 2.32. The van der Waals surface area contributed by atoms with Crippen molar-refractivity contribution in [1.82, 2.24) is 4.90 Å². The van der Waals surface area contributed by atoms with Crippen LogP contribution >= 0.6 is 0 Å². The molecule has 0 spiro atoms. The van der Waals surface area contributed by atoms with Crippen LogP contribution in [0.4, 0.5) is 11.4 Å². The van der Waals surface area contributed by atoms with Crippen molar-refractivity contribution in [2.45, 2.75) is 0 Å². The Morgan fingerprint density at radius 1 is 1.00 bits per heavy atom. The lowest BCUT2D eigenvalue weighted by Crippen LogP contribution is -2.50. The Balaban J connectivity index is 1.55. The molecule has 0 unspecified atom stereocenters. The first kappa shape index (κ1) is 16.8. The van der Waals surface area contributed by atoms with Crippen LogP contribution < -0.4 is 9.64 Å². The van der Waals surface area contributed by atoms with Gasteiger partial charge in [-0.3, -0.25) is 14.9 Å². The van der Waals surface area contributed by atoms with E-state index in [9.17, 15) is 14.9 Å². The van der Waals surface area contributed by atoms with Gasteiger partial charge in [-0.05, 0) is 18.2 Å². The molecule has 7 nitrogen and oxygen atoms in total. The Morgan fingerprint density at radius 3 is 2.32 bits per heavy atom. The van der Waals surface area contributed by atoms with Crippen molar-refractivity contribution in [3.63, 3.8) is 0 Å². The first-order chi connectivity index (χ1) is 12.1. The number of nitro groups is 1. The lowest BCUT2D eigenvalue weighted by atomic mass is 10.2. The maximum atomic E-state index is 12.3. The standard InChI is InChI=1S/C18H19N3O4/c22-18(14-25-15-6-2-1-3-7-15)20-12-10-19(11-13-20)16-8-4-5-9-17(16)21(23)24/h1-9H,10-14H2. The van der Waals surface area contributed by atoms with Gasteiger partial charge in [0.25, 0.3) is 11.6 Å². The second-order valence-electron chi connectivity index (χ2n) is 5.72. The fraction of sp³-hybridized carbons (Fsp3) is 0.278. The van der Waals surface area contributed by atoms with E-state index in [1.165, 1.54) is 6.07 Å². The summed E-state index contributed by atoms with van der Waals surface area (Å²) in [5, 5.41) is 11.2. The average Bonchev–Trinajstić information content (AvgIpc) is 2.67. The summed E-state index contributed by atoms with van der Waals surface area (Å²) in [7, 11) is 0. The van der Waals surface area contributed by atoms with Crippen LogP contribution in [0.2, 0.25) is 0 Å². The molecule has 0 N–H and O–H groups in total. The summed E-state index contributed by atoms with van der Waals surface area (Å²) in [5.41, 5.74) is 0.690. The van der Waals surface area contributed by atoms with Crippen molar-refractivity contribution in [2.75, 3.05) is 37.7 Å². The molecular weight excluding hydrogens is 322 g/mol. The van der Waals surface area contributed by atoms with Gasteiger partial charge in [0.05, 0.1) is 4.92 Å². The molecule has 1 saturated heterocycles. The van der Waals surface area contributed by atoms with E-state index < -0.39 is 0 Å². The van der Waals surface area contributed by atoms with Crippen molar-refractivity contribution >= 4 is 17.3 Å². The number of anilines is 1. The summed E-state index contributed by atoms with van der Waals surface area (Å²) in [5.74, 6) is 0.584. The van der Waals surface area contributed by atoms with Gasteiger partial charge in [0, 0.05) is 32.2 Å². The first-order valence-electron chi connectivity index (χ1n) is 8.09. The zero-order chi connectivity index (χ0) is 17.6. The Labute approximate surface area is 145 Å². The number of nitro benzene ring substituents is 1. The second kappa shape index (κ2) is 7.65. The van der Waals surface area contributed by atoms with Crippen LogP contribution in [0.25, 0.3) is 0 Å². The Bertz CT molecular complexity index is 743. The molecule has 0 aliphatic carbocycles. The fourth-order valence-corrected chi connectivity index (χ4v) is 2.84. The first-order valence-corrected chi connectivity index (χ1v) is 8.09. The van der Waals surface area contributed by atoms with Crippen LogP contribution in [0.3, 0.4) is 0 Å². The van der Waals surface area contributed by atoms with E-state index in [0.29, 0.717) is 37.6 Å². The molecule has 0 radical (unpaired) electrons. The highest BCUT2D eigenvalue weighted by atomic mass is 16.6. The average molecular weight is 341 g/mol. The third kappa shape index (κ3) is 4.06. The van der Waals surface area contributed by atoms with E-state index in [2.05, 4.69) is 0 Å². The Hall–Kier alpha value is -3.09. The Morgan fingerprint density at radius 2 is 1.64 bits per heavy atom. The van der Waals surface area contributed by atoms with E-state index in [1.807, 2.05) is 23.1 Å². The van der Waals surface area contributed by atoms with Crippen LogP contribution in [0.1, 0.15) is 0 Å². The normalized spacial score (nSPS) is 14.2. The minimum Gasteiger partial charge on any atom is -0.484 e. The predicted molar refractivity (Wildman–Crippen MR) is 93.8 cm³/mol. The minimum absolute atomic E-state index is 0.00447. The molecule has 0 saturated carbocycles. The van der Waals surface area contributed by atoms with Gasteiger partial charge in [-0.2, -0.15) is 0 Å². The SMILES string of the molecule is O=C(COc1ccccc1)N1CCN(c2ccccc2[N+](=O)[O-])CC1. The van der Waals surface area contributed by atoms with E-state index in [1.54, 1.807) is 35.2 Å². The number of rotatable bonds is 5. The molecule has 1 aliphatic heterocycles. The number of benzene rings is 2. The van der Waals surface area contributed by atoms with Crippen LogP contribution in [-0.2, 0) is 4.79 Å². The fourth-order valence-electron chi connectivity index (χ4n) is 2.84. The molecule has 2 aromatic carbocycles. The van der Waals surface area contributed by atoms with Crippen molar-refractivity contribution in [1.29, 1.82) is 0 Å². The van der Waals surface area contributed by atoms with Gasteiger partial charge >= 0.3 is 0 Å². The molecule has 1 heterocycles. The Kier molecular flexibility index (Phi) is 5.13. The third-order valence-electron chi connectivity index (χ3n) is 4.16. The molecule has 3 rings (SSSR count). The van der Waals surface area contributed by atoms with Crippen molar-refractivity contribution < 1.29 is 14.5 Å². The van der Waals surface area contributed by atoms with E-state index in [0.717, 1.165) is 0 Å². The van der Waals surface area contributed by atoms with Crippen LogP contribution in [0, 0.1) is 10.1 Å². The molecule has 0 bridgehead atoms. The molecular formula is C18H19N3O4. The number of hydrogen-bond donors (Lipinski definition) is 0. The molecule has 7 heteroatoms. The minimum atomic E-state index is -0.374. The number of carbonyl (C=O) groups excluding carboxylic acids is 1. The molecule has 1 amide bonds. The number of hydrogen-bond acceptors (Lipinski definition) is 5. The van der Waals surface area contributed by atoms with E-state index in [4.69, 9.17) is 4.74 Å². The van der Waals surface area contributed by atoms with Crippen LogP contribution in [0.5, 0.6) is 5.75 Å². The van der Waals surface area contributed by atoms with Gasteiger partial charge in [-0.15, -0.1) is 0 Å². The summed E-state index contributed by atoms with van der Waals surface area (Å²) < 4.78 is 5.49.